The number of carbonyl (C=O) groups is 1. The number of aryl methyl sites for hydroxylation is 2. The Balaban J connectivity index is 2.67. The minimum Gasteiger partial charge on any atom is -0.295 e. The molecule has 2 rings (SSSR count). The van der Waals surface area contributed by atoms with Crippen molar-refractivity contribution >= 4 is 28.3 Å². The van der Waals surface area contributed by atoms with E-state index in [1.807, 2.05) is 0 Å². The van der Waals surface area contributed by atoms with Gasteiger partial charge in [0, 0.05) is 21.0 Å². The highest BCUT2D eigenvalue weighted by molar-refractivity contribution is 6.12. The number of rotatable bonds is 2. The molecule has 0 spiro atoms. The number of hydrogen-bond donors (Lipinski definition) is 0. The lowest BCUT2D eigenvalue weighted by Gasteiger charge is -2.15. The van der Waals surface area contributed by atoms with Crippen LogP contribution in [0.1, 0.15) is 6.92 Å². The molecule has 1 aromatic heterocycles. The number of imidazole rings is 1. The number of nitrogens with zero attached hydrogens (tertiary/aromatic N) is 6. The largest absolute Gasteiger partial charge is 0.328 e. The van der Waals surface area contributed by atoms with E-state index in [9.17, 15) is 9.59 Å². The Labute approximate surface area is 125 Å². The first-order valence-corrected chi connectivity index (χ1v) is 6.25. The maximum absolute atomic E-state index is 11.9. The van der Waals surface area contributed by atoms with E-state index in [0.29, 0.717) is 16.7 Å². The van der Waals surface area contributed by atoms with Crippen molar-refractivity contribution in [3.8, 4) is 12.1 Å². The average Bonchev–Trinajstić information content (AvgIpc) is 2.72. The molecule has 0 atom stereocenters. The summed E-state index contributed by atoms with van der Waals surface area (Å²) < 4.78 is 2.92. The van der Waals surface area contributed by atoms with E-state index in [1.165, 1.54) is 16.1 Å². The molecule has 8 heteroatoms. The van der Waals surface area contributed by atoms with Crippen molar-refractivity contribution in [2.45, 2.75) is 6.92 Å². The van der Waals surface area contributed by atoms with Gasteiger partial charge in [-0.25, -0.2) is 4.79 Å². The lowest BCUT2D eigenvalue weighted by atomic mass is 10.2. The first kappa shape index (κ1) is 15.0. The molecule has 1 amide bonds. The third kappa shape index (κ3) is 2.34. The lowest BCUT2D eigenvalue weighted by Crippen LogP contribution is -2.23. The summed E-state index contributed by atoms with van der Waals surface area (Å²) in [6, 6.07) is 8.09. The molecule has 8 nitrogen and oxygen atoms in total. The summed E-state index contributed by atoms with van der Waals surface area (Å²) in [5.41, 5.74) is 1.05. The lowest BCUT2D eigenvalue weighted by molar-refractivity contribution is -0.116. The highest BCUT2D eigenvalue weighted by atomic mass is 16.2. The number of carbonyl (C=O) groups excluding carboxylic acids is 1. The van der Waals surface area contributed by atoms with Crippen molar-refractivity contribution in [2.24, 2.45) is 19.2 Å². The molecular formula is C14H12N6O2. The van der Waals surface area contributed by atoms with E-state index in [-0.39, 0.29) is 5.69 Å². The fraction of sp³-hybridized carbons (Fsp3) is 0.214. The number of nitriles is 2. The van der Waals surface area contributed by atoms with Gasteiger partial charge in [-0.3, -0.25) is 13.9 Å². The minimum atomic E-state index is -0.455. The van der Waals surface area contributed by atoms with Gasteiger partial charge >= 0.3 is 5.69 Å². The number of hydrazone groups is 1. The average molecular weight is 296 g/mol. The van der Waals surface area contributed by atoms with Gasteiger partial charge in [0.25, 0.3) is 0 Å². The Kier molecular flexibility index (Phi) is 3.78. The number of hydrogen-bond acceptors (Lipinski definition) is 5. The maximum Gasteiger partial charge on any atom is 0.328 e. The number of benzene rings is 1. The van der Waals surface area contributed by atoms with E-state index >= 15 is 0 Å². The molecule has 0 bridgehead atoms. The maximum atomic E-state index is 11.9. The molecule has 0 radical (unpaired) electrons. The zero-order chi connectivity index (χ0) is 16.4. The number of fused-ring (bicyclic) bond motifs is 1. The van der Waals surface area contributed by atoms with Crippen LogP contribution >= 0.6 is 0 Å². The van der Waals surface area contributed by atoms with Crippen LogP contribution in [0.15, 0.2) is 28.1 Å². The zero-order valence-corrected chi connectivity index (χ0v) is 12.2. The molecule has 0 aliphatic rings. The molecule has 1 heterocycles. The van der Waals surface area contributed by atoms with Crippen LogP contribution in [0.25, 0.3) is 11.0 Å². The van der Waals surface area contributed by atoms with Gasteiger partial charge in [-0.2, -0.15) is 15.5 Å². The Hall–Kier alpha value is -3.39. The first-order valence-electron chi connectivity index (χ1n) is 6.25. The summed E-state index contributed by atoms with van der Waals surface area (Å²) in [6.45, 7) is 1.27. The topological polar surface area (TPSA) is 107 Å². The van der Waals surface area contributed by atoms with Gasteiger partial charge in [0.05, 0.1) is 16.7 Å². The second kappa shape index (κ2) is 5.54. The molecule has 110 valence electrons. The SMILES string of the molecule is CC(=O)N(N=C(C#N)C#N)c1ccc2c(c1)n(C)c(=O)n2C. The van der Waals surface area contributed by atoms with Crippen LogP contribution in [-0.4, -0.2) is 20.8 Å². The molecule has 0 aliphatic carbocycles. The van der Waals surface area contributed by atoms with Crippen LogP contribution in [0.3, 0.4) is 0 Å². The van der Waals surface area contributed by atoms with Crippen LogP contribution in [0, 0.1) is 22.7 Å². The van der Waals surface area contributed by atoms with E-state index < -0.39 is 11.6 Å². The monoisotopic (exact) mass is 296 g/mol. The van der Waals surface area contributed by atoms with E-state index in [4.69, 9.17) is 10.5 Å². The molecule has 0 fully saturated rings. The van der Waals surface area contributed by atoms with Crippen molar-refractivity contribution in [1.82, 2.24) is 9.13 Å². The minimum absolute atomic E-state index is 0.195. The van der Waals surface area contributed by atoms with E-state index in [1.54, 1.807) is 44.4 Å². The molecular weight excluding hydrogens is 284 g/mol. The number of aromatic nitrogens is 2. The zero-order valence-electron chi connectivity index (χ0n) is 12.2. The van der Waals surface area contributed by atoms with Crippen molar-refractivity contribution in [3.05, 3.63) is 28.7 Å². The summed E-state index contributed by atoms with van der Waals surface area (Å²) >= 11 is 0. The van der Waals surface area contributed by atoms with Gasteiger partial charge in [-0.15, -0.1) is 5.10 Å². The van der Waals surface area contributed by atoms with Crippen LogP contribution in [0.2, 0.25) is 0 Å². The fourth-order valence-corrected chi connectivity index (χ4v) is 2.11. The molecule has 0 saturated carbocycles. The summed E-state index contributed by atoms with van der Waals surface area (Å²) in [6.07, 6.45) is 0. The van der Waals surface area contributed by atoms with Crippen molar-refractivity contribution < 1.29 is 4.79 Å². The molecule has 0 aliphatic heterocycles. The Bertz CT molecular complexity index is 919. The number of amides is 1. The molecule has 22 heavy (non-hydrogen) atoms. The summed E-state index contributed by atoms with van der Waals surface area (Å²) in [4.78, 5) is 23.6. The summed E-state index contributed by atoms with van der Waals surface area (Å²) in [7, 11) is 3.26. The van der Waals surface area contributed by atoms with E-state index in [2.05, 4.69) is 5.10 Å². The van der Waals surface area contributed by atoms with Gasteiger partial charge in [-0.1, -0.05) is 0 Å². The van der Waals surface area contributed by atoms with Gasteiger partial charge < -0.3 is 0 Å². The van der Waals surface area contributed by atoms with Gasteiger partial charge in [-0.05, 0) is 18.2 Å². The standard InChI is InChI=1S/C14H12N6O2/c1-9(21)20(17-10(7-15)8-16)11-4-5-12-13(6-11)19(3)14(22)18(12)2/h4-6H,1-3H3. The molecule has 1 aromatic carbocycles. The smallest absolute Gasteiger partial charge is 0.295 e. The molecule has 2 aromatic rings. The van der Waals surface area contributed by atoms with Crippen LogP contribution in [0.5, 0.6) is 0 Å². The van der Waals surface area contributed by atoms with Crippen LogP contribution < -0.4 is 10.7 Å². The molecule has 0 N–H and O–H groups in total. The first-order chi connectivity index (χ1) is 10.4. The summed E-state index contributed by atoms with van der Waals surface area (Å²) in [5, 5.41) is 22.2. The van der Waals surface area contributed by atoms with Crippen LogP contribution in [0.4, 0.5) is 5.69 Å². The predicted molar refractivity (Wildman–Crippen MR) is 80.0 cm³/mol. The van der Waals surface area contributed by atoms with Gasteiger partial charge in [0.1, 0.15) is 12.1 Å². The van der Waals surface area contributed by atoms with Crippen molar-refractivity contribution in [3.63, 3.8) is 0 Å². The second-order valence-corrected chi connectivity index (χ2v) is 4.58. The fourth-order valence-electron chi connectivity index (χ4n) is 2.11. The van der Waals surface area contributed by atoms with E-state index in [0.717, 1.165) is 5.01 Å². The van der Waals surface area contributed by atoms with Crippen LogP contribution in [-0.2, 0) is 18.9 Å². The van der Waals surface area contributed by atoms with Crippen molar-refractivity contribution in [2.75, 3.05) is 5.01 Å². The quantitative estimate of drug-likeness (QED) is 0.598. The second-order valence-electron chi connectivity index (χ2n) is 4.58. The predicted octanol–water partition coefficient (Wildman–Crippen LogP) is 0.633. The normalized spacial score (nSPS) is 9.86. The molecule has 0 saturated heterocycles. The third-order valence-corrected chi connectivity index (χ3v) is 3.21. The number of anilines is 1. The van der Waals surface area contributed by atoms with Gasteiger partial charge in [0.15, 0.2) is 0 Å². The summed E-state index contributed by atoms with van der Waals surface area (Å²) in [5.74, 6) is -0.455. The Morgan fingerprint density at radius 2 is 1.77 bits per heavy atom. The van der Waals surface area contributed by atoms with Crippen molar-refractivity contribution in [1.29, 1.82) is 10.5 Å². The van der Waals surface area contributed by atoms with Gasteiger partial charge in [0.2, 0.25) is 11.6 Å². The highest BCUT2D eigenvalue weighted by Crippen LogP contribution is 2.21. The molecule has 0 unspecified atom stereocenters. The highest BCUT2D eigenvalue weighted by Gasteiger charge is 2.15. The Morgan fingerprint density at radius 1 is 1.18 bits per heavy atom. The third-order valence-electron chi connectivity index (χ3n) is 3.21. The Morgan fingerprint density at radius 3 is 2.32 bits per heavy atom.